The van der Waals surface area contributed by atoms with E-state index in [0.29, 0.717) is 18.5 Å². The van der Waals surface area contributed by atoms with Gasteiger partial charge in [-0.15, -0.1) is 0 Å². The number of carbonyl (C=O) groups is 1. The molecule has 1 amide bonds. The second-order valence-electron chi connectivity index (χ2n) is 5.33. The lowest BCUT2D eigenvalue weighted by molar-refractivity contribution is -0.140. The number of rotatable bonds is 3. The summed E-state index contributed by atoms with van der Waals surface area (Å²) in [4.78, 5) is 22.3. The smallest absolute Gasteiger partial charge is 0.316 e. The van der Waals surface area contributed by atoms with Gasteiger partial charge in [-0.2, -0.15) is 0 Å². The number of ether oxygens (including phenoxy) is 1. The summed E-state index contributed by atoms with van der Waals surface area (Å²) in [7, 11) is 0. The molecule has 1 aliphatic heterocycles. The van der Waals surface area contributed by atoms with Gasteiger partial charge in [0.05, 0.1) is 6.54 Å². The van der Waals surface area contributed by atoms with Gasteiger partial charge in [0.1, 0.15) is 6.10 Å². The van der Waals surface area contributed by atoms with Crippen LogP contribution in [0, 0.1) is 5.92 Å². The fourth-order valence-corrected chi connectivity index (χ4v) is 2.64. The van der Waals surface area contributed by atoms with Crippen LogP contribution in [0.2, 0.25) is 0 Å². The largest absolute Gasteiger partial charge is 0.458 e. The van der Waals surface area contributed by atoms with Crippen molar-refractivity contribution in [1.29, 1.82) is 0 Å². The first-order valence-electron chi connectivity index (χ1n) is 7.05. The molecule has 1 aliphatic carbocycles. The van der Waals surface area contributed by atoms with Crippen molar-refractivity contribution in [2.75, 3.05) is 13.1 Å². The highest BCUT2D eigenvalue weighted by Crippen LogP contribution is 2.29. The summed E-state index contributed by atoms with van der Waals surface area (Å²) in [5.41, 5.74) is 0. The Morgan fingerprint density at radius 2 is 2.00 bits per heavy atom. The highest BCUT2D eigenvalue weighted by atomic mass is 16.5. The standard InChI is InChI=1S/C14H19N3O2/c18-13(11-4-1-5-11)17-9-2-6-12(10-17)19-14-15-7-3-8-16-14/h3,7-8,11-12H,1-2,4-6,9-10H2/t12-/m0/s1. The molecule has 1 atom stereocenters. The number of hydrogen-bond acceptors (Lipinski definition) is 4. The Labute approximate surface area is 113 Å². The monoisotopic (exact) mass is 261 g/mol. The van der Waals surface area contributed by atoms with Crippen molar-refractivity contribution in [2.45, 2.75) is 38.2 Å². The molecule has 0 unspecified atom stereocenters. The predicted molar refractivity (Wildman–Crippen MR) is 69.6 cm³/mol. The van der Waals surface area contributed by atoms with Crippen molar-refractivity contribution in [1.82, 2.24) is 14.9 Å². The van der Waals surface area contributed by atoms with Gasteiger partial charge in [-0.05, 0) is 31.7 Å². The third kappa shape index (κ3) is 2.85. The molecule has 5 nitrogen and oxygen atoms in total. The zero-order chi connectivity index (χ0) is 13.1. The fourth-order valence-electron chi connectivity index (χ4n) is 2.64. The summed E-state index contributed by atoms with van der Waals surface area (Å²) in [5, 5.41) is 0. The van der Waals surface area contributed by atoms with Crippen molar-refractivity contribution in [3.63, 3.8) is 0 Å². The minimum atomic E-state index is 0.0279. The van der Waals surface area contributed by atoms with Crippen LogP contribution in [0.3, 0.4) is 0 Å². The van der Waals surface area contributed by atoms with Gasteiger partial charge >= 0.3 is 6.01 Å². The molecule has 2 fully saturated rings. The minimum Gasteiger partial charge on any atom is -0.458 e. The first-order valence-corrected chi connectivity index (χ1v) is 7.05. The molecule has 1 saturated carbocycles. The Hall–Kier alpha value is -1.65. The third-order valence-electron chi connectivity index (χ3n) is 3.96. The molecule has 102 valence electrons. The SMILES string of the molecule is O=C(C1CCC1)N1CCC[C@H](Oc2ncccn2)C1. The van der Waals surface area contributed by atoms with Crippen LogP contribution in [0.15, 0.2) is 18.5 Å². The summed E-state index contributed by atoms with van der Waals surface area (Å²) in [6, 6.07) is 2.17. The molecule has 0 N–H and O–H groups in total. The number of amides is 1. The second kappa shape index (κ2) is 5.55. The first-order chi connectivity index (χ1) is 9.33. The van der Waals surface area contributed by atoms with Crippen molar-refractivity contribution >= 4 is 5.91 Å². The van der Waals surface area contributed by atoms with Crippen LogP contribution in [-0.4, -0.2) is 40.0 Å². The maximum Gasteiger partial charge on any atom is 0.316 e. The van der Waals surface area contributed by atoms with E-state index >= 15 is 0 Å². The summed E-state index contributed by atoms with van der Waals surface area (Å²) in [6.45, 7) is 1.54. The van der Waals surface area contributed by atoms with E-state index in [9.17, 15) is 4.79 Å². The molecular weight excluding hydrogens is 242 g/mol. The number of nitrogens with zero attached hydrogens (tertiary/aromatic N) is 3. The average molecular weight is 261 g/mol. The van der Waals surface area contributed by atoms with E-state index in [1.165, 1.54) is 6.42 Å². The Balaban J connectivity index is 1.57. The van der Waals surface area contributed by atoms with Gasteiger partial charge in [0, 0.05) is 24.9 Å². The Morgan fingerprint density at radius 3 is 2.68 bits per heavy atom. The average Bonchev–Trinajstić information content (AvgIpc) is 2.38. The molecule has 0 bridgehead atoms. The molecule has 1 aromatic rings. The second-order valence-corrected chi connectivity index (χ2v) is 5.33. The topological polar surface area (TPSA) is 55.3 Å². The molecule has 19 heavy (non-hydrogen) atoms. The van der Waals surface area contributed by atoms with Crippen LogP contribution in [0.1, 0.15) is 32.1 Å². The van der Waals surface area contributed by atoms with E-state index in [4.69, 9.17) is 4.74 Å². The van der Waals surface area contributed by atoms with Crippen molar-refractivity contribution in [3.8, 4) is 6.01 Å². The minimum absolute atomic E-state index is 0.0279. The lowest BCUT2D eigenvalue weighted by Crippen LogP contribution is -2.47. The number of likely N-dealkylation sites (tertiary alicyclic amines) is 1. The molecule has 0 radical (unpaired) electrons. The number of piperidine rings is 1. The van der Waals surface area contributed by atoms with Crippen LogP contribution in [-0.2, 0) is 4.79 Å². The summed E-state index contributed by atoms with van der Waals surface area (Å²) in [6.07, 6.45) is 8.64. The summed E-state index contributed by atoms with van der Waals surface area (Å²) < 4.78 is 5.75. The van der Waals surface area contributed by atoms with E-state index in [2.05, 4.69) is 9.97 Å². The van der Waals surface area contributed by atoms with E-state index in [1.54, 1.807) is 18.5 Å². The summed E-state index contributed by atoms with van der Waals surface area (Å²) >= 11 is 0. The number of hydrogen-bond donors (Lipinski definition) is 0. The van der Waals surface area contributed by atoms with Crippen molar-refractivity contribution in [3.05, 3.63) is 18.5 Å². The zero-order valence-electron chi connectivity index (χ0n) is 11.0. The zero-order valence-corrected chi connectivity index (χ0v) is 11.0. The molecule has 3 rings (SSSR count). The van der Waals surface area contributed by atoms with Gasteiger partial charge in [0.2, 0.25) is 5.91 Å². The van der Waals surface area contributed by atoms with Gasteiger partial charge in [-0.3, -0.25) is 4.79 Å². The van der Waals surface area contributed by atoms with Crippen LogP contribution >= 0.6 is 0 Å². The van der Waals surface area contributed by atoms with Crippen LogP contribution in [0.4, 0.5) is 0 Å². The Morgan fingerprint density at radius 1 is 1.21 bits per heavy atom. The van der Waals surface area contributed by atoms with Gasteiger partial charge in [-0.25, -0.2) is 9.97 Å². The third-order valence-corrected chi connectivity index (χ3v) is 3.96. The van der Waals surface area contributed by atoms with E-state index < -0.39 is 0 Å². The van der Waals surface area contributed by atoms with Gasteiger partial charge < -0.3 is 9.64 Å². The van der Waals surface area contributed by atoms with Crippen LogP contribution < -0.4 is 4.74 Å². The highest BCUT2D eigenvalue weighted by molar-refractivity contribution is 5.79. The van der Waals surface area contributed by atoms with E-state index in [0.717, 1.165) is 32.2 Å². The molecular formula is C14H19N3O2. The lowest BCUT2D eigenvalue weighted by Gasteiger charge is -2.36. The molecule has 5 heteroatoms. The highest BCUT2D eigenvalue weighted by Gasteiger charge is 2.32. The van der Waals surface area contributed by atoms with Crippen molar-refractivity contribution in [2.24, 2.45) is 5.92 Å². The van der Waals surface area contributed by atoms with Gasteiger partial charge in [-0.1, -0.05) is 6.42 Å². The number of aromatic nitrogens is 2. The fraction of sp³-hybridized carbons (Fsp3) is 0.643. The molecule has 1 aromatic heterocycles. The lowest BCUT2D eigenvalue weighted by atomic mass is 9.84. The van der Waals surface area contributed by atoms with Crippen LogP contribution in [0.5, 0.6) is 6.01 Å². The molecule has 2 aliphatic rings. The van der Waals surface area contributed by atoms with E-state index in [-0.39, 0.29) is 12.0 Å². The summed E-state index contributed by atoms with van der Waals surface area (Å²) in [5.74, 6) is 0.584. The first kappa shape index (κ1) is 12.4. The Kier molecular flexibility index (Phi) is 3.62. The van der Waals surface area contributed by atoms with Crippen molar-refractivity contribution < 1.29 is 9.53 Å². The maximum absolute atomic E-state index is 12.2. The quantitative estimate of drug-likeness (QED) is 0.830. The number of carbonyl (C=O) groups excluding carboxylic acids is 1. The van der Waals surface area contributed by atoms with Crippen LogP contribution in [0.25, 0.3) is 0 Å². The Bertz CT molecular complexity index is 434. The normalized spacial score (nSPS) is 23.8. The molecule has 0 aromatic carbocycles. The predicted octanol–water partition coefficient (Wildman–Crippen LogP) is 1.65. The molecule has 0 spiro atoms. The van der Waals surface area contributed by atoms with Gasteiger partial charge in [0.15, 0.2) is 0 Å². The van der Waals surface area contributed by atoms with E-state index in [1.807, 2.05) is 4.90 Å². The molecule has 1 saturated heterocycles. The molecule has 2 heterocycles. The maximum atomic E-state index is 12.2. The van der Waals surface area contributed by atoms with Gasteiger partial charge in [0.25, 0.3) is 0 Å².